The van der Waals surface area contributed by atoms with E-state index in [1.54, 1.807) is 20.8 Å². The quantitative estimate of drug-likeness (QED) is 0.606. The van der Waals surface area contributed by atoms with Gasteiger partial charge >= 0.3 is 6.09 Å². The van der Waals surface area contributed by atoms with Crippen LogP contribution in [0.15, 0.2) is 11.8 Å². The lowest BCUT2D eigenvalue weighted by Crippen LogP contribution is -2.30. The standard InChI is InChI=1S/C9H15BrN2O2/c1-9(2,3)14-8(13)12-6-7(4-10)5-11/h5-6,11H,4H2,1-3H3,(H,12,13)/b7-6-,11-5?. The monoisotopic (exact) mass is 262 g/mol. The molecule has 0 aliphatic heterocycles. The maximum atomic E-state index is 11.1. The first kappa shape index (κ1) is 13.2. The van der Waals surface area contributed by atoms with Crippen molar-refractivity contribution in [1.29, 1.82) is 5.41 Å². The molecule has 4 nitrogen and oxygen atoms in total. The van der Waals surface area contributed by atoms with E-state index in [1.165, 1.54) is 6.20 Å². The van der Waals surface area contributed by atoms with Crippen LogP contribution in [0.2, 0.25) is 0 Å². The minimum Gasteiger partial charge on any atom is -0.444 e. The molecule has 14 heavy (non-hydrogen) atoms. The number of amides is 1. The van der Waals surface area contributed by atoms with Gasteiger partial charge in [-0.05, 0) is 26.3 Å². The summed E-state index contributed by atoms with van der Waals surface area (Å²) in [6.07, 6.45) is 2.08. The lowest BCUT2D eigenvalue weighted by molar-refractivity contribution is 0.0552. The molecule has 0 saturated heterocycles. The van der Waals surface area contributed by atoms with Gasteiger partial charge in [0.25, 0.3) is 0 Å². The zero-order chi connectivity index (χ0) is 11.2. The Morgan fingerprint density at radius 2 is 2.14 bits per heavy atom. The van der Waals surface area contributed by atoms with Crippen molar-refractivity contribution in [3.63, 3.8) is 0 Å². The summed E-state index contributed by atoms with van der Waals surface area (Å²) in [4.78, 5) is 11.1. The van der Waals surface area contributed by atoms with Crippen LogP contribution in [0.25, 0.3) is 0 Å². The van der Waals surface area contributed by atoms with Gasteiger partial charge in [-0.3, -0.25) is 5.32 Å². The Labute approximate surface area is 92.3 Å². The second-order valence-electron chi connectivity index (χ2n) is 3.64. The fourth-order valence-electron chi connectivity index (χ4n) is 0.578. The maximum absolute atomic E-state index is 11.1. The first-order valence-electron chi connectivity index (χ1n) is 4.14. The highest BCUT2D eigenvalue weighted by molar-refractivity contribution is 9.09. The zero-order valence-corrected chi connectivity index (χ0v) is 10.1. The van der Waals surface area contributed by atoms with Crippen LogP contribution in [0.3, 0.4) is 0 Å². The highest BCUT2D eigenvalue weighted by atomic mass is 79.9. The highest BCUT2D eigenvalue weighted by Crippen LogP contribution is 2.06. The van der Waals surface area contributed by atoms with Gasteiger partial charge in [-0.15, -0.1) is 0 Å². The predicted molar refractivity (Wildman–Crippen MR) is 60.0 cm³/mol. The Morgan fingerprint density at radius 3 is 2.50 bits per heavy atom. The van der Waals surface area contributed by atoms with Crippen LogP contribution in [0.5, 0.6) is 0 Å². The molecule has 0 saturated carbocycles. The van der Waals surface area contributed by atoms with Gasteiger partial charge in [-0.2, -0.15) is 0 Å². The van der Waals surface area contributed by atoms with Crippen molar-refractivity contribution in [2.75, 3.05) is 5.33 Å². The number of hydrogen-bond donors (Lipinski definition) is 2. The molecule has 0 spiro atoms. The fraction of sp³-hybridized carbons (Fsp3) is 0.556. The molecule has 1 amide bonds. The molecule has 0 aliphatic rings. The smallest absolute Gasteiger partial charge is 0.411 e. The normalized spacial score (nSPS) is 12.1. The summed E-state index contributed by atoms with van der Waals surface area (Å²) in [5.41, 5.74) is 0.160. The second-order valence-corrected chi connectivity index (χ2v) is 4.20. The maximum Gasteiger partial charge on any atom is 0.411 e. The molecular formula is C9H15BrN2O2. The Hall–Kier alpha value is -0.840. The van der Waals surface area contributed by atoms with E-state index >= 15 is 0 Å². The number of nitrogens with one attached hydrogen (secondary N) is 2. The number of alkyl halides is 1. The lowest BCUT2D eigenvalue weighted by Gasteiger charge is -2.18. The molecule has 0 aliphatic carbocycles. The molecule has 0 aromatic heterocycles. The molecular weight excluding hydrogens is 248 g/mol. The Morgan fingerprint density at radius 1 is 1.57 bits per heavy atom. The third-order valence-electron chi connectivity index (χ3n) is 1.11. The second kappa shape index (κ2) is 5.80. The van der Waals surface area contributed by atoms with Crippen LogP contribution in [0.4, 0.5) is 4.79 Å². The van der Waals surface area contributed by atoms with Crippen LogP contribution >= 0.6 is 15.9 Å². The summed E-state index contributed by atoms with van der Waals surface area (Å²) < 4.78 is 4.99. The molecule has 0 rings (SSSR count). The van der Waals surface area contributed by atoms with Crippen molar-refractivity contribution >= 4 is 28.2 Å². The summed E-state index contributed by atoms with van der Waals surface area (Å²) in [5.74, 6) is 0. The summed E-state index contributed by atoms with van der Waals surface area (Å²) in [7, 11) is 0. The van der Waals surface area contributed by atoms with Crippen LogP contribution in [-0.4, -0.2) is 23.2 Å². The Kier molecular flexibility index (Phi) is 5.45. The molecule has 0 unspecified atom stereocenters. The average molecular weight is 263 g/mol. The van der Waals surface area contributed by atoms with E-state index in [-0.39, 0.29) is 0 Å². The molecule has 2 N–H and O–H groups in total. The van der Waals surface area contributed by atoms with Crippen LogP contribution < -0.4 is 5.32 Å². The topological polar surface area (TPSA) is 62.2 Å². The molecule has 80 valence electrons. The number of halogens is 1. The van der Waals surface area contributed by atoms with Gasteiger partial charge in [0.2, 0.25) is 0 Å². The van der Waals surface area contributed by atoms with Gasteiger partial charge in [-0.25, -0.2) is 4.79 Å². The van der Waals surface area contributed by atoms with Crippen LogP contribution in [0.1, 0.15) is 20.8 Å². The molecule has 5 heteroatoms. The number of rotatable bonds is 3. The number of allylic oxidation sites excluding steroid dienone is 1. The van der Waals surface area contributed by atoms with Crippen molar-refractivity contribution < 1.29 is 9.53 Å². The Balaban J connectivity index is 4.08. The summed E-state index contributed by atoms with van der Waals surface area (Å²) in [5, 5.41) is 9.93. The number of hydrogen-bond acceptors (Lipinski definition) is 3. The average Bonchev–Trinajstić information content (AvgIpc) is 2.03. The first-order chi connectivity index (χ1) is 6.39. The van der Waals surface area contributed by atoms with Gasteiger partial charge in [-0.1, -0.05) is 15.9 Å². The molecule has 0 aromatic rings. The van der Waals surface area contributed by atoms with Crippen molar-refractivity contribution in [1.82, 2.24) is 5.32 Å². The van der Waals surface area contributed by atoms with Gasteiger partial charge in [0.1, 0.15) is 5.60 Å². The van der Waals surface area contributed by atoms with E-state index in [4.69, 9.17) is 10.1 Å². The van der Waals surface area contributed by atoms with E-state index in [2.05, 4.69) is 21.2 Å². The molecule has 0 fully saturated rings. The van der Waals surface area contributed by atoms with E-state index < -0.39 is 11.7 Å². The van der Waals surface area contributed by atoms with Crippen molar-refractivity contribution in [3.8, 4) is 0 Å². The zero-order valence-electron chi connectivity index (χ0n) is 8.56. The van der Waals surface area contributed by atoms with Gasteiger partial charge < -0.3 is 10.1 Å². The fourth-order valence-corrected chi connectivity index (χ4v) is 0.902. The minimum absolute atomic E-state index is 0.503. The van der Waals surface area contributed by atoms with Gasteiger partial charge in [0.15, 0.2) is 0 Å². The van der Waals surface area contributed by atoms with E-state index in [9.17, 15) is 4.79 Å². The van der Waals surface area contributed by atoms with E-state index in [1.807, 2.05) is 0 Å². The van der Waals surface area contributed by atoms with Crippen molar-refractivity contribution in [2.24, 2.45) is 0 Å². The lowest BCUT2D eigenvalue weighted by atomic mass is 10.2. The molecule has 0 heterocycles. The molecule has 0 aromatic carbocycles. The van der Waals surface area contributed by atoms with E-state index in [0.29, 0.717) is 10.9 Å². The van der Waals surface area contributed by atoms with Crippen LogP contribution in [0, 0.1) is 5.41 Å². The Bertz CT molecular complexity index is 244. The van der Waals surface area contributed by atoms with E-state index in [0.717, 1.165) is 6.21 Å². The number of carbonyl (C=O) groups excluding carboxylic acids is 1. The summed E-state index contributed by atoms with van der Waals surface area (Å²) in [6.45, 7) is 5.37. The van der Waals surface area contributed by atoms with Crippen molar-refractivity contribution in [3.05, 3.63) is 11.8 Å². The first-order valence-corrected chi connectivity index (χ1v) is 5.26. The number of carbonyl (C=O) groups is 1. The SMILES string of the molecule is CC(C)(C)OC(=O)N/C=C(\C=N)CBr. The third-order valence-corrected chi connectivity index (χ3v) is 1.76. The minimum atomic E-state index is -0.516. The molecule has 0 bridgehead atoms. The van der Waals surface area contributed by atoms with Gasteiger partial charge in [0.05, 0.1) is 0 Å². The third kappa shape index (κ3) is 6.65. The van der Waals surface area contributed by atoms with Gasteiger partial charge in [0, 0.05) is 17.7 Å². The predicted octanol–water partition coefficient (Wildman–Crippen LogP) is 2.44. The summed E-state index contributed by atoms with van der Waals surface area (Å²) >= 11 is 3.18. The number of alkyl carbamates (subject to hydrolysis) is 1. The largest absolute Gasteiger partial charge is 0.444 e. The summed E-state index contributed by atoms with van der Waals surface area (Å²) in [6, 6.07) is 0. The molecule has 0 atom stereocenters. The van der Waals surface area contributed by atoms with Crippen LogP contribution in [-0.2, 0) is 4.74 Å². The van der Waals surface area contributed by atoms with Crippen molar-refractivity contribution in [2.45, 2.75) is 26.4 Å². The highest BCUT2D eigenvalue weighted by Gasteiger charge is 2.14. The molecule has 0 radical (unpaired) electrons. The number of ether oxygens (including phenoxy) is 1.